The number of nitrogens with zero attached hydrogens (tertiary/aromatic N) is 1. The Bertz CT molecular complexity index is 450. The van der Waals surface area contributed by atoms with E-state index in [9.17, 15) is 9.59 Å². The van der Waals surface area contributed by atoms with Gasteiger partial charge in [-0.3, -0.25) is 9.78 Å². The highest BCUT2D eigenvalue weighted by molar-refractivity contribution is 5.78. The average molecular weight is 292 g/mol. The lowest BCUT2D eigenvalue weighted by molar-refractivity contribution is -0.121. The number of hydrogen-bond acceptors (Lipinski definition) is 3. The third-order valence-corrected chi connectivity index (χ3v) is 3.14. The van der Waals surface area contributed by atoms with Crippen molar-refractivity contribution in [1.29, 1.82) is 0 Å². The van der Waals surface area contributed by atoms with E-state index in [0.717, 1.165) is 12.1 Å². The van der Waals surface area contributed by atoms with E-state index in [1.165, 1.54) is 0 Å². The minimum atomic E-state index is -0.301. The molecule has 1 aromatic heterocycles. The van der Waals surface area contributed by atoms with Gasteiger partial charge in [0.1, 0.15) is 0 Å². The maximum atomic E-state index is 11.7. The number of pyridine rings is 1. The first-order chi connectivity index (χ1) is 10.0. The fraction of sp³-hybridized carbons (Fsp3) is 0.533. The number of carbonyl (C=O) groups excluding carboxylic acids is 2. The Labute approximate surface area is 125 Å². The molecule has 0 bridgehead atoms. The van der Waals surface area contributed by atoms with Gasteiger partial charge >= 0.3 is 6.03 Å². The van der Waals surface area contributed by atoms with E-state index in [1.54, 1.807) is 6.20 Å². The van der Waals surface area contributed by atoms with Crippen LogP contribution in [0.25, 0.3) is 0 Å². The maximum absolute atomic E-state index is 11.7. The molecule has 3 N–H and O–H groups in total. The van der Waals surface area contributed by atoms with E-state index in [0.29, 0.717) is 6.54 Å². The molecule has 2 atom stereocenters. The maximum Gasteiger partial charge on any atom is 0.315 e. The van der Waals surface area contributed by atoms with E-state index in [4.69, 9.17) is 0 Å². The van der Waals surface area contributed by atoms with Gasteiger partial charge in [-0.25, -0.2) is 4.79 Å². The highest BCUT2D eigenvalue weighted by Gasteiger charge is 2.10. The molecule has 1 rings (SSSR count). The standard InChI is InChI=1S/C15H24N4O2/c1-4-11(2)18-14(20)8-10-17-15(21)19-12(3)13-7-5-6-9-16-13/h5-7,9,11-12H,4,8,10H2,1-3H3,(H,18,20)(H2,17,19,21). The van der Waals surface area contributed by atoms with Gasteiger partial charge in [0.25, 0.3) is 0 Å². The molecule has 0 saturated carbocycles. The molecule has 0 spiro atoms. The first-order valence-corrected chi connectivity index (χ1v) is 7.27. The molecule has 0 aliphatic rings. The normalized spacial score (nSPS) is 13.1. The van der Waals surface area contributed by atoms with Crippen molar-refractivity contribution < 1.29 is 9.59 Å². The zero-order chi connectivity index (χ0) is 15.7. The lowest BCUT2D eigenvalue weighted by Crippen LogP contribution is -2.40. The Morgan fingerprint density at radius 3 is 2.62 bits per heavy atom. The molecular weight excluding hydrogens is 268 g/mol. The van der Waals surface area contributed by atoms with Gasteiger partial charge < -0.3 is 16.0 Å². The van der Waals surface area contributed by atoms with Gasteiger partial charge in [-0.1, -0.05) is 13.0 Å². The Morgan fingerprint density at radius 2 is 2.00 bits per heavy atom. The van der Waals surface area contributed by atoms with Gasteiger partial charge in [-0.15, -0.1) is 0 Å². The quantitative estimate of drug-likeness (QED) is 0.716. The summed E-state index contributed by atoms with van der Waals surface area (Å²) in [6.45, 7) is 6.13. The highest BCUT2D eigenvalue weighted by Crippen LogP contribution is 2.06. The van der Waals surface area contributed by atoms with Gasteiger partial charge in [-0.05, 0) is 32.4 Å². The van der Waals surface area contributed by atoms with E-state index in [2.05, 4.69) is 20.9 Å². The molecule has 0 aromatic carbocycles. The van der Waals surface area contributed by atoms with Crippen LogP contribution in [0.15, 0.2) is 24.4 Å². The molecule has 21 heavy (non-hydrogen) atoms. The summed E-state index contributed by atoms with van der Waals surface area (Å²) in [5.41, 5.74) is 0.794. The van der Waals surface area contributed by atoms with Crippen molar-refractivity contribution in [3.05, 3.63) is 30.1 Å². The van der Waals surface area contributed by atoms with Crippen molar-refractivity contribution in [1.82, 2.24) is 20.9 Å². The smallest absolute Gasteiger partial charge is 0.315 e. The van der Waals surface area contributed by atoms with Gasteiger partial charge in [0.05, 0.1) is 11.7 Å². The Hall–Kier alpha value is -2.11. The molecule has 1 heterocycles. The molecule has 0 aliphatic heterocycles. The van der Waals surface area contributed by atoms with Crippen molar-refractivity contribution in [2.24, 2.45) is 0 Å². The minimum absolute atomic E-state index is 0.0533. The fourth-order valence-corrected chi connectivity index (χ4v) is 1.69. The van der Waals surface area contributed by atoms with Crippen LogP contribution in [0.4, 0.5) is 4.79 Å². The van der Waals surface area contributed by atoms with Crippen molar-refractivity contribution in [2.75, 3.05) is 6.54 Å². The SMILES string of the molecule is CCC(C)NC(=O)CCNC(=O)NC(C)c1ccccn1. The summed E-state index contributed by atoms with van der Waals surface area (Å²) in [7, 11) is 0. The van der Waals surface area contributed by atoms with Crippen LogP contribution in [0, 0.1) is 0 Å². The second-order valence-electron chi connectivity index (χ2n) is 5.00. The van der Waals surface area contributed by atoms with Gasteiger partial charge in [0.2, 0.25) is 5.91 Å². The van der Waals surface area contributed by atoms with Crippen molar-refractivity contribution >= 4 is 11.9 Å². The molecule has 6 nitrogen and oxygen atoms in total. The zero-order valence-electron chi connectivity index (χ0n) is 12.8. The molecule has 0 fully saturated rings. The first kappa shape index (κ1) is 16.9. The van der Waals surface area contributed by atoms with Crippen LogP contribution in [-0.2, 0) is 4.79 Å². The van der Waals surface area contributed by atoms with Gasteiger partial charge in [-0.2, -0.15) is 0 Å². The Morgan fingerprint density at radius 1 is 1.24 bits per heavy atom. The molecule has 1 aromatic rings. The average Bonchev–Trinajstić information content (AvgIpc) is 2.47. The van der Waals surface area contributed by atoms with Crippen LogP contribution in [-0.4, -0.2) is 29.5 Å². The highest BCUT2D eigenvalue weighted by atomic mass is 16.2. The molecule has 116 valence electrons. The number of hydrogen-bond donors (Lipinski definition) is 3. The summed E-state index contributed by atoms with van der Waals surface area (Å²) in [5.74, 6) is -0.0533. The number of carbonyl (C=O) groups is 2. The van der Waals surface area contributed by atoms with E-state index in [1.807, 2.05) is 39.0 Å². The molecular formula is C15H24N4O2. The van der Waals surface area contributed by atoms with Gasteiger partial charge in [0.15, 0.2) is 0 Å². The summed E-state index contributed by atoms with van der Waals surface area (Å²) < 4.78 is 0. The number of amides is 3. The number of urea groups is 1. The summed E-state index contributed by atoms with van der Waals surface area (Å²) in [4.78, 5) is 27.4. The number of rotatable bonds is 7. The van der Waals surface area contributed by atoms with Crippen LogP contribution in [0.1, 0.15) is 45.3 Å². The molecule has 0 aliphatic carbocycles. The molecule has 0 saturated heterocycles. The summed E-state index contributed by atoms with van der Waals surface area (Å²) in [6, 6.07) is 5.23. The second kappa shape index (κ2) is 8.94. The van der Waals surface area contributed by atoms with Crippen molar-refractivity contribution in [3.8, 4) is 0 Å². The lowest BCUT2D eigenvalue weighted by atomic mass is 10.2. The molecule has 3 amide bonds. The third-order valence-electron chi connectivity index (χ3n) is 3.14. The minimum Gasteiger partial charge on any atom is -0.354 e. The third kappa shape index (κ3) is 6.74. The largest absolute Gasteiger partial charge is 0.354 e. The van der Waals surface area contributed by atoms with Gasteiger partial charge in [0, 0.05) is 25.2 Å². The van der Waals surface area contributed by atoms with Crippen LogP contribution < -0.4 is 16.0 Å². The molecule has 6 heteroatoms. The summed E-state index contributed by atoms with van der Waals surface area (Å²) in [6.07, 6.45) is 2.85. The summed E-state index contributed by atoms with van der Waals surface area (Å²) in [5, 5.41) is 8.29. The van der Waals surface area contributed by atoms with E-state index < -0.39 is 0 Å². The molecule has 0 radical (unpaired) electrons. The first-order valence-electron chi connectivity index (χ1n) is 7.27. The predicted molar refractivity (Wildman–Crippen MR) is 81.7 cm³/mol. The zero-order valence-corrected chi connectivity index (χ0v) is 12.8. The number of nitrogens with one attached hydrogen (secondary N) is 3. The second-order valence-corrected chi connectivity index (χ2v) is 5.00. The Balaban J connectivity index is 2.24. The van der Waals surface area contributed by atoms with Crippen molar-refractivity contribution in [3.63, 3.8) is 0 Å². The fourth-order valence-electron chi connectivity index (χ4n) is 1.69. The van der Waals surface area contributed by atoms with Crippen LogP contribution in [0.5, 0.6) is 0 Å². The lowest BCUT2D eigenvalue weighted by Gasteiger charge is -2.14. The van der Waals surface area contributed by atoms with Crippen molar-refractivity contribution in [2.45, 2.75) is 45.7 Å². The van der Waals surface area contributed by atoms with Crippen LogP contribution in [0.2, 0.25) is 0 Å². The monoisotopic (exact) mass is 292 g/mol. The topological polar surface area (TPSA) is 83.1 Å². The van der Waals surface area contributed by atoms with E-state index in [-0.39, 0.29) is 30.4 Å². The van der Waals surface area contributed by atoms with Crippen LogP contribution in [0.3, 0.4) is 0 Å². The predicted octanol–water partition coefficient (Wildman–Crippen LogP) is 1.75. The summed E-state index contributed by atoms with van der Waals surface area (Å²) >= 11 is 0. The van der Waals surface area contributed by atoms with Crippen LogP contribution >= 0.6 is 0 Å². The van der Waals surface area contributed by atoms with E-state index >= 15 is 0 Å². The molecule has 2 unspecified atom stereocenters. The Kier molecular flexibility index (Phi) is 7.21. The number of aromatic nitrogens is 1.